The molecule has 2 heterocycles. The lowest BCUT2D eigenvalue weighted by Gasteiger charge is -2.34. The van der Waals surface area contributed by atoms with Gasteiger partial charge in [0.05, 0.1) is 25.8 Å². The maximum Gasteiger partial charge on any atom is 0.322 e. The fourth-order valence-corrected chi connectivity index (χ4v) is 3.70. The molecule has 0 bridgehead atoms. The van der Waals surface area contributed by atoms with Crippen LogP contribution in [0.15, 0.2) is 58.8 Å². The number of allylic oxidation sites excluding steroid dienone is 1. The Hall–Kier alpha value is -3.81. The zero-order chi connectivity index (χ0) is 22.0. The molecule has 1 aliphatic heterocycles. The summed E-state index contributed by atoms with van der Waals surface area (Å²) in [6.45, 7) is 4.33. The summed E-state index contributed by atoms with van der Waals surface area (Å²) in [6, 6.07) is 14.4. The second-order valence-corrected chi connectivity index (χ2v) is 7.05. The van der Waals surface area contributed by atoms with Crippen molar-refractivity contribution in [3.63, 3.8) is 0 Å². The minimum absolute atomic E-state index is 0.175. The number of methoxy groups -OCH3 is 2. The molecule has 0 aliphatic carbocycles. The van der Waals surface area contributed by atoms with Gasteiger partial charge in [-0.1, -0.05) is 17.3 Å². The molecule has 1 aliphatic rings. The van der Waals surface area contributed by atoms with Gasteiger partial charge in [0.1, 0.15) is 11.5 Å². The van der Waals surface area contributed by atoms with E-state index in [1.165, 1.54) is 0 Å². The summed E-state index contributed by atoms with van der Waals surface area (Å²) in [5.41, 5.74) is 3.19. The molecule has 0 spiro atoms. The van der Waals surface area contributed by atoms with E-state index < -0.39 is 6.04 Å². The highest BCUT2D eigenvalue weighted by molar-refractivity contribution is 5.86. The number of hydrogen-bond donors (Lipinski definition) is 1. The Bertz CT molecular complexity index is 1120. The molecule has 0 saturated carbocycles. The molecular formula is C23H24N4O4. The van der Waals surface area contributed by atoms with E-state index in [1.807, 2.05) is 62.4 Å². The van der Waals surface area contributed by atoms with Gasteiger partial charge >= 0.3 is 6.03 Å². The Morgan fingerprint density at radius 3 is 2.52 bits per heavy atom. The molecule has 1 aromatic heterocycles. The largest absolute Gasteiger partial charge is 0.497 e. The van der Waals surface area contributed by atoms with E-state index in [0.29, 0.717) is 24.0 Å². The van der Waals surface area contributed by atoms with Crippen LogP contribution < -0.4 is 14.8 Å². The molecule has 0 saturated heterocycles. The predicted octanol–water partition coefficient (Wildman–Crippen LogP) is 4.27. The molecule has 1 N–H and O–H groups in total. The molecule has 0 radical (unpaired) electrons. The number of benzene rings is 2. The van der Waals surface area contributed by atoms with Gasteiger partial charge < -0.3 is 19.3 Å². The number of nitrogens with zero attached hydrogens (tertiary/aromatic N) is 3. The number of aromatic nitrogens is 2. The molecule has 4 rings (SSSR count). The third-order valence-corrected chi connectivity index (χ3v) is 5.34. The Morgan fingerprint density at radius 1 is 1.10 bits per heavy atom. The van der Waals surface area contributed by atoms with E-state index in [-0.39, 0.29) is 6.03 Å². The molecule has 1 unspecified atom stereocenters. The monoisotopic (exact) mass is 420 g/mol. The van der Waals surface area contributed by atoms with Crippen LogP contribution in [0.25, 0.3) is 17.0 Å². The quantitative estimate of drug-likeness (QED) is 0.641. The number of ether oxygens (including phenoxy) is 2. The number of carbonyl (C=O) groups is 1. The Balaban J connectivity index is 1.78. The van der Waals surface area contributed by atoms with Crippen molar-refractivity contribution >= 4 is 11.6 Å². The van der Waals surface area contributed by atoms with Crippen LogP contribution in [-0.4, -0.2) is 41.8 Å². The number of urea groups is 1. The Kier molecular flexibility index (Phi) is 5.62. The van der Waals surface area contributed by atoms with Gasteiger partial charge in [-0.15, -0.1) is 0 Å². The Labute approximate surface area is 180 Å². The lowest BCUT2D eigenvalue weighted by Crippen LogP contribution is -2.45. The predicted molar refractivity (Wildman–Crippen MR) is 116 cm³/mol. The van der Waals surface area contributed by atoms with Crippen molar-refractivity contribution in [1.82, 2.24) is 20.4 Å². The van der Waals surface area contributed by atoms with Crippen LogP contribution in [0.2, 0.25) is 0 Å². The van der Waals surface area contributed by atoms with Crippen molar-refractivity contribution in [3.05, 3.63) is 65.7 Å². The van der Waals surface area contributed by atoms with E-state index in [1.54, 1.807) is 19.1 Å². The van der Waals surface area contributed by atoms with Gasteiger partial charge in [-0.25, -0.2) is 4.79 Å². The van der Waals surface area contributed by atoms with E-state index >= 15 is 0 Å². The average Bonchev–Trinajstić information content (AvgIpc) is 3.28. The summed E-state index contributed by atoms with van der Waals surface area (Å²) in [7, 11) is 3.23. The summed E-state index contributed by atoms with van der Waals surface area (Å²) in [5, 5.41) is 7.22. The minimum Gasteiger partial charge on any atom is -0.497 e. The first-order valence-corrected chi connectivity index (χ1v) is 9.97. The maximum absolute atomic E-state index is 12.7. The fraction of sp³-hybridized carbons (Fsp3) is 0.261. The normalized spacial score (nSPS) is 16.3. The van der Waals surface area contributed by atoms with E-state index in [2.05, 4.69) is 15.5 Å². The van der Waals surface area contributed by atoms with Gasteiger partial charge in [-0.05, 0) is 55.8 Å². The van der Waals surface area contributed by atoms with Gasteiger partial charge in [-0.3, -0.25) is 4.90 Å². The van der Waals surface area contributed by atoms with Crippen LogP contribution in [0.4, 0.5) is 4.79 Å². The molecule has 8 nitrogen and oxygen atoms in total. The van der Waals surface area contributed by atoms with E-state index in [4.69, 9.17) is 14.0 Å². The highest BCUT2D eigenvalue weighted by Crippen LogP contribution is 2.38. The van der Waals surface area contributed by atoms with E-state index in [0.717, 1.165) is 28.1 Å². The molecular weight excluding hydrogens is 396 g/mol. The third kappa shape index (κ3) is 3.84. The molecule has 0 fully saturated rings. The number of hydrogen-bond acceptors (Lipinski definition) is 6. The summed E-state index contributed by atoms with van der Waals surface area (Å²) >= 11 is 0. The van der Waals surface area contributed by atoms with Crippen molar-refractivity contribution in [2.24, 2.45) is 0 Å². The maximum atomic E-state index is 12.7. The van der Waals surface area contributed by atoms with Crippen molar-refractivity contribution < 1.29 is 18.8 Å². The van der Waals surface area contributed by atoms with Crippen molar-refractivity contribution in [2.75, 3.05) is 20.8 Å². The smallest absolute Gasteiger partial charge is 0.322 e. The highest BCUT2D eigenvalue weighted by atomic mass is 16.5. The molecule has 2 aromatic carbocycles. The molecule has 8 heteroatoms. The fourth-order valence-electron chi connectivity index (χ4n) is 3.70. The number of nitrogens with one attached hydrogen (secondary N) is 1. The van der Waals surface area contributed by atoms with Gasteiger partial charge in [0, 0.05) is 17.8 Å². The zero-order valence-electron chi connectivity index (χ0n) is 17.9. The zero-order valence-corrected chi connectivity index (χ0v) is 17.9. The minimum atomic E-state index is -0.449. The third-order valence-electron chi connectivity index (χ3n) is 5.34. The van der Waals surface area contributed by atoms with E-state index in [9.17, 15) is 4.79 Å². The van der Waals surface area contributed by atoms with Crippen molar-refractivity contribution in [1.29, 1.82) is 0 Å². The van der Waals surface area contributed by atoms with Gasteiger partial charge in [-0.2, -0.15) is 4.98 Å². The summed E-state index contributed by atoms with van der Waals surface area (Å²) in [5.74, 6) is 2.26. The standard InChI is InChI=1S/C23H24N4O4/c1-5-27-14(2)19(20(24-23(27)28)16-7-6-8-18(13-16)30-4)22-25-21(26-31-22)15-9-11-17(29-3)12-10-15/h6-13,20H,5H2,1-4H3,(H,24,28). The van der Waals surface area contributed by atoms with Crippen LogP contribution in [0.1, 0.15) is 31.3 Å². The van der Waals surface area contributed by atoms with Gasteiger partial charge in [0.15, 0.2) is 0 Å². The van der Waals surface area contributed by atoms with Crippen molar-refractivity contribution in [3.8, 4) is 22.9 Å². The van der Waals surface area contributed by atoms with Gasteiger partial charge in [0.2, 0.25) is 5.82 Å². The topological polar surface area (TPSA) is 89.7 Å². The molecule has 160 valence electrons. The lowest BCUT2D eigenvalue weighted by atomic mass is 9.94. The first-order chi connectivity index (χ1) is 15.0. The first-order valence-electron chi connectivity index (χ1n) is 9.97. The number of amides is 2. The SMILES string of the molecule is CCN1C(=O)NC(c2cccc(OC)c2)C(c2nc(-c3ccc(OC)cc3)no2)=C1C. The van der Waals surface area contributed by atoms with Crippen molar-refractivity contribution in [2.45, 2.75) is 19.9 Å². The summed E-state index contributed by atoms with van der Waals surface area (Å²) in [4.78, 5) is 19.0. The van der Waals surface area contributed by atoms with Crippen LogP contribution in [0, 0.1) is 0 Å². The number of rotatable bonds is 6. The van der Waals surface area contributed by atoms with Crippen LogP contribution in [0.3, 0.4) is 0 Å². The summed E-state index contributed by atoms with van der Waals surface area (Å²) in [6.07, 6.45) is 0. The second kappa shape index (κ2) is 8.51. The van der Waals surface area contributed by atoms with Gasteiger partial charge in [0.25, 0.3) is 5.89 Å². The lowest BCUT2D eigenvalue weighted by molar-refractivity contribution is 0.207. The number of carbonyl (C=O) groups excluding carboxylic acids is 1. The van der Waals surface area contributed by atoms with Crippen LogP contribution >= 0.6 is 0 Å². The van der Waals surface area contributed by atoms with Crippen LogP contribution in [-0.2, 0) is 0 Å². The molecule has 2 amide bonds. The highest BCUT2D eigenvalue weighted by Gasteiger charge is 2.35. The Morgan fingerprint density at radius 2 is 1.84 bits per heavy atom. The molecule has 31 heavy (non-hydrogen) atoms. The summed E-state index contributed by atoms with van der Waals surface area (Å²) < 4.78 is 16.2. The second-order valence-electron chi connectivity index (χ2n) is 7.05. The molecule has 3 aromatic rings. The van der Waals surface area contributed by atoms with Crippen LogP contribution in [0.5, 0.6) is 11.5 Å². The first kappa shape index (κ1) is 20.5. The average molecular weight is 420 g/mol. The molecule has 1 atom stereocenters.